The Kier molecular flexibility index (Phi) is 54.8. The van der Waals surface area contributed by atoms with Crippen LogP contribution in [0.4, 0.5) is 0 Å². The van der Waals surface area contributed by atoms with Crippen LogP contribution in [-0.4, -0.2) is 57.3 Å². The zero-order chi connectivity index (χ0) is 49.5. The van der Waals surface area contributed by atoms with E-state index in [1.165, 1.54) is 225 Å². The van der Waals surface area contributed by atoms with Crippen LogP contribution < -0.4 is 5.32 Å². The van der Waals surface area contributed by atoms with Crippen molar-refractivity contribution >= 4 is 5.91 Å². The Morgan fingerprint density at radius 3 is 1.09 bits per heavy atom. The lowest BCUT2D eigenvalue weighted by Crippen LogP contribution is -2.53. The first kappa shape index (κ1) is 66.3. The first-order chi connectivity index (χ1) is 33.5. The smallest absolute Gasteiger partial charge is 0.249 e. The van der Waals surface area contributed by atoms with Crippen LogP contribution in [0.2, 0.25) is 0 Å². The molecular weight excluding hydrogens is 839 g/mol. The van der Waals surface area contributed by atoms with E-state index in [-0.39, 0.29) is 0 Å². The number of nitrogens with one attached hydrogen (secondary N) is 1. The van der Waals surface area contributed by atoms with Gasteiger partial charge in [-0.25, -0.2) is 0 Å². The lowest BCUT2D eigenvalue weighted by molar-refractivity contribution is -0.132. The molecule has 0 aliphatic heterocycles. The van der Waals surface area contributed by atoms with Gasteiger partial charge in [-0.3, -0.25) is 4.79 Å². The maximum Gasteiger partial charge on any atom is 0.249 e. The molecule has 0 aromatic heterocycles. The predicted octanol–water partition coefficient (Wildman–Crippen LogP) is 17.8. The molecule has 0 aliphatic carbocycles. The first-order valence-corrected chi connectivity index (χ1v) is 30.0. The summed E-state index contributed by atoms with van der Waals surface area (Å²) in [7, 11) is 0. The summed E-state index contributed by atoms with van der Waals surface area (Å²) < 4.78 is 0. The molecule has 4 atom stereocenters. The van der Waals surface area contributed by atoms with E-state index in [2.05, 4.69) is 67.8 Å². The minimum absolute atomic E-state index is 0.358. The Morgan fingerprint density at radius 2 is 0.706 bits per heavy atom. The van der Waals surface area contributed by atoms with Gasteiger partial charge in [0.05, 0.1) is 18.8 Å². The fraction of sp³-hybridized carbons (Fsp3) is 0.855. The zero-order valence-corrected chi connectivity index (χ0v) is 45.4. The maximum absolute atomic E-state index is 12.6. The highest BCUT2D eigenvalue weighted by atomic mass is 16.3. The van der Waals surface area contributed by atoms with E-state index in [0.717, 1.165) is 51.4 Å². The fourth-order valence-electron chi connectivity index (χ4n) is 9.34. The minimum Gasteiger partial charge on any atom is -0.394 e. The van der Waals surface area contributed by atoms with Crippen LogP contribution in [-0.2, 0) is 4.79 Å². The molecule has 0 radical (unpaired) electrons. The van der Waals surface area contributed by atoms with Crippen molar-refractivity contribution < 1.29 is 25.2 Å². The Hall–Kier alpha value is -1.73. The number of hydrogen-bond donors (Lipinski definition) is 5. The van der Waals surface area contributed by atoms with Crippen molar-refractivity contribution in [2.45, 2.75) is 334 Å². The predicted molar refractivity (Wildman–Crippen MR) is 297 cm³/mol. The molecule has 0 fully saturated rings. The monoisotopic (exact) mass is 956 g/mol. The second-order valence-corrected chi connectivity index (χ2v) is 20.6. The molecule has 0 aromatic carbocycles. The van der Waals surface area contributed by atoms with Crippen molar-refractivity contribution in [3.05, 3.63) is 48.6 Å². The quantitative estimate of drug-likeness (QED) is 0.0308. The molecule has 0 heterocycles. The van der Waals surface area contributed by atoms with Gasteiger partial charge in [0.15, 0.2) is 0 Å². The third-order valence-corrected chi connectivity index (χ3v) is 14.0. The van der Waals surface area contributed by atoms with Gasteiger partial charge in [-0.05, 0) is 77.0 Å². The molecule has 0 aromatic rings. The number of aliphatic hydroxyl groups is 4. The van der Waals surface area contributed by atoms with E-state index in [1.54, 1.807) is 0 Å². The van der Waals surface area contributed by atoms with Gasteiger partial charge < -0.3 is 25.7 Å². The molecule has 0 saturated heterocycles. The Bertz CT molecular complexity index is 1120. The van der Waals surface area contributed by atoms with Gasteiger partial charge in [0.1, 0.15) is 12.2 Å². The van der Waals surface area contributed by atoms with Crippen LogP contribution in [0.3, 0.4) is 0 Å². The fourth-order valence-corrected chi connectivity index (χ4v) is 9.34. The Morgan fingerprint density at radius 1 is 0.382 bits per heavy atom. The van der Waals surface area contributed by atoms with Gasteiger partial charge in [-0.2, -0.15) is 0 Å². The maximum atomic E-state index is 12.6. The van der Waals surface area contributed by atoms with Gasteiger partial charge in [-0.15, -0.1) is 0 Å². The number of hydrogen-bond acceptors (Lipinski definition) is 5. The molecule has 5 N–H and O–H groups in total. The largest absolute Gasteiger partial charge is 0.394 e. The van der Waals surface area contributed by atoms with E-state index in [0.29, 0.717) is 19.3 Å². The molecule has 4 unspecified atom stereocenters. The van der Waals surface area contributed by atoms with Gasteiger partial charge in [-0.1, -0.05) is 281 Å². The average Bonchev–Trinajstić information content (AvgIpc) is 3.34. The Labute approximate surface area is 423 Å². The molecular formula is C62H117NO5. The molecule has 6 nitrogen and oxygen atoms in total. The summed E-state index contributed by atoms with van der Waals surface area (Å²) in [4.78, 5) is 12.6. The average molecular weight is 957 g/mol. The van der Waals surface area contributed by atoms with Crippen LogP contribution in [0.15, 0.2) is 48.6 Å². The number of aliphatic hydroxyl groups excluding tert-OH is 4. The molecule has 0 aliphatic rings. The summed E-state index contributed by atoms with van der Waals surface area (Å²) in [5.41, 5.74) is 0. The zero-order valence-electron chi connectivity index (χ0n) is 45.4. The van der Waals surface area contributed by atoms with E-state index in [4.69, 9.17) is 0 Å². The third-order valence-electron chi connectivity index (χ3n) is 14.0. The number of carbonyl (C=O) groups is 1. The SMILES string of the molecule is CC/C=C\C/C=C\CCCCCCCCCCCCCCCC(O)C(=O)NC(CO)C(O)C(O)CCC/C=C/CC/C=C/CCCCCCCCCCCCCCCCCCCCCCCCC. The van der Waals surface area contributed by atoms with Crippen molar-refractivity contribution in [3.8, 4) is 0 Å². The van der Waals surface area contributed by atoms with Crippen molar-refractivity contribution in [3.63, 3.8) is 0 Å². The second-order valence-electron chi connectivity index (χ2n) is 20.6. The molecule has 400 valence electrons. The summed E-state index contributed by atoms with van der Waals surface area (Å²) in [6.45, 7) is 3.97. The molecule has 6 heteroatoms. The van der Waals surface area contributed by atoms with Gasteiger partial charge >= 0.3 is 0 Å². The van der Waals surface area contributed by atoms with Gasteiger partial charge in [0, 0.05) is 0 Å². The molecule has 0 saturated carbocycles. The number of allylic oxidation sites excluding steroid dienone is 8. The topological polar surface area (TPSA) is 110 Å². The van der Waals surface area contributed by atoms with Crippen molar-refractivity contribution in [2.75, 3.05) is 6.61 Å². The summed E-state index contributed by atoms with van der Waals surface area (Å²) in [5.74, 6) is -0.597. The molecule has 0 rings (SSSR count). The lowest BCUT2D eigenvalue weighted by Gasteiger charge is -2.27. The number of unbranched alkanes of at least 4 members (excludes halogenated alkanes) is 38. The minimum atomic E-state index is -1.29. The highest BCUT2D eigenvalue weighted by molar-refractivity contribution is 5.80. The highest BCUT2D eigenvalue weighted by Crippen LogP contribution is 2.18. The molecule has 0 bridgehead atoms. The molecule has 0 spiro atoms. The number of amides is 1. The normalized spacial score (nSPS) is 14.0. The molecule has 1 amide bonds. The van der Waals surface area contributed by atoms with Crippen LogP contribution in [0.5, 0.6) is 0 Å². The van der Waals surface area contributed by atoms with E-state index >= 15 is 0 Å². The standard InChI is InChI=1S/C62H117NO5/c1-3-5-7-9-11-13-15-17-19-21-23-25-26-27-28-29-30-31-32-33-34-35-36-38-39-41-43-45-47-49-51-53-55-59(65)61(67)58(57-64)63-62(68)60(66)56-54-52-50-48-46-44-42-40-37-24-22-20-18-16-14-12-10-8-6-4-2/h6,8,12,14,39,41,47,49,58-61,64-67H,3-5,7,9-11,13,15-38,40,42-46,48,50-57H2,1-2H3,(H,63,68)/b8-6-,14-12-,41-39+,49-47+. The van der Waals surface area contributed by atoms with Crippen molar-refractivity contribution in [1.29, 1.82) is 0 Å². The van der Waals surface area contributed by atoms with Crippen LogP contribution in [0.25, 0.3) is 0 Å². The summed E-state index contributed by atoms with van der Waals surface area (Å²) in [6.07, 6.45) is 72.1. The van der Waals surface area contributed by atoms with E-state index in [1.807, 2.05) is 0 Å². The number of carbonyl (C=O) groups excluding carboxylic acids is 1. The highest BCUT2D eigenvalue weighted by Gasteiger charge is 2.28. The van der Waals surface area contributed by atoms with Crippen LogP contribution in [0.1, 0.15) is 309 Å². The van der Waals surface area contributed by atoms with Gasteiger partial charge in [0.25, 0.3) is 0 Å². The van der Waals surface area contributed by atoms with Crippen molar-refractivity contribution in [2.24, 2.45) is 0 Å². The first-order valence-electron chi connectivity index (χ1n) is 30.0. The molecule has 68 heavy (non-hydrogen) atoms. The lowest BCUT2D eigenvalue weighted by atomic mass is 10.00. The van der Waals surface area contributed by atoms with Gasteiger partial charge in [0.2, 0.25) is 5.91 Å². The third kappa shape index (κ3) is 49.3. The van der Waals surface area contributed by atoms with Crippen LogP contribution in [0, 0.1) is 0 Å². The number of rotatable bonds is 55. The van der Waals surface area contributed by atoms with Crippen molar-refractivity contribution in [1.82, 2.24) is 5.32 Å². The summed E-state index contributed by atoms with van der Waals surface area (Å²) in [5, 5.41) is 44.0. The Balaban J connectivity index is 3.63. The van der Waals surface area contributed by atoms with Crippen LogP contribution >= 0.6 is 0 Å². The van der Waals surface area contributed by atoms with E-state index in [9.17, 15) is 25.2 Å². The van der Waals surface area contributed by atoms with E-state index < -0.39 is 36.9 Å². The summed E-state index contributed by atoms with van der Waals surface area (Å²) >= 11 is 0. The second kappa shape index (κ2) is 56.2. The summed E-state index contributed by atoms with van der Waals surface area (Å²) in [6, 6.07) is -1.01.